The number of nitrogens with zero attached hydrogens (tertiary/aromatic N) is 2. The van der Waals surface area contributed by atoms with E-state index in [-0.39, 0.29) is 12.5 Å². The highest BCUT2D eigenvalue weighted by molar-refractivity contribution is 6.24. The molecule has 5 rings (SSSR count). The van der Waals surface area contributed by atoms with Crippen LogP contribution in [0.5, 0.6) is 0 Å². The van der Waals surface area contributed by atoms with E-state index in [4.69, 9.17) is 14.0 Å². The summed E-state index contributed by atoms with van der Waals surface area (Å²) in [6.07, 6.45) is 0.545. The Balaban J connectivity index is 1.49. The lowest BCUT2D eigenvalue weighted by atomic mass is 9.94. The smallest absolute Gasteiger partial charge is 0.338 e. The number of carbonyl (C=O) groups is 3. The van der Waals surface area contributed by atoms with Crippen LogP contribution in [0.2, 0.25) is 0 Å². The van der Waals surface area contributed by atoms with Gasteiger partial charge in [-0.2, -0.15) is 0 Å². The van der Waals surface area contributed by atoms with Crippen LogP contribution in [-0.4, -0.2) is 30.5 Å². The summed E-state index contributed by atoms with van der Waals surface area (Å²) in [5, 5.41) is 1.61. The summed E-state index contributed by atoms with van der Waals surface area (Å²) in [7, 11) is 0. The molecule has 8 heteroatoms. The molecule has 2 aromatic carbocycles. The van der Waals surface area contributed by atoms with E-state index in [2.05, 4.69) is 0 Å². The Morgan fingerprint density at radius 3 is 2.42 bits per heavy atom. The van der Waals surface area contributed by atoms with Gasteiger partial charge in [0.25, 0.3) is 5.91 Å². The van der Waals surface area contributed by atoms with Gasteiger partial charge in [-0.1, -0.05) is 18.2 Å². The molecule has 0 spiro atoms. The molecule has 0 aliphatic carbocycles. The van der Waals surface area contributed by atoms with Crippen molar-refractivity contribution in [3.05, 3.63) is 83.8 Å². The van der Waals surface area contributed by atoms with Gasteiger partial charge in [-0.05, 0) is 61.9 Å². The number of hydrogen-bond acceptors (Lipinski definition) is 7. The third-order valence-electron chi connectivity index (χ3n) is 5.94. The van der Waals surface area contributed by atoms with Crippen molar-refractivity contribution in [1.29, 1.82) is 0 Å². The summed E-state index contributed by atoms with van der Waals surface area (Å²) >= 11 is 0. The Morgan fingerprint density at radius 1 is 1.00 bits per heavy atom. The minimum Gasteiger partial charge on any atom is -0.467 e. The largest absolute Gasteiger partial charge is 0.467 e. The molecule has 3 aromatic rings. The summed E-state index contributed by atoms with van der Waals surface area (Å²) in [6.45, 7) is 3.92. The Kier molecular flexibility index (Phi) is 5.22. The predicted octanol–water partition coefficient (Wildman–Crippen LogP) is 3.82. The van der Waals surface area contributed by atoms with Crippen molar-refractivity contribution in [2.45, 2.75) is 26.0 Å². The van der Waals surface area contributed by atoms with Gasteiger partial charge in [-0.3, -0.25) is 14.4 Å². The number of hydroxylamine groups is 1. The second-order valence-electron chi connectivity index (χ2n) is 7.90. The van der Waals surface area contributed by atoms with Crippen LogP contribution < -0.4 is 9.96 Å². The highest BCUT2D eigenvalue weighted by Crippen LogP contribution is 2.48. The molecule has 8 nitrogen and oxygen atoms in total. The Hall–Kier alpha value is -3.91. The number of ether oxygens (including phenoxy) is 1. The van der Waals surface area contributed by atoms with E-state index in [9.17, 15) is 14.4 Å². The molecule has 3 heterocycles. The van der Waals surface area contributed by atoms with E-state index in [0.29, 0.717) is 17.0 Å². The van der Waals surface area contributed by atoms with Crippen molar-refractivity contribution < 1.29 is 28.4 Å². The normalized spacial score (nSPS) is 22.1. The average molecular weight is 446 g/mol. The minimum absolute atomic E-state index is 0.260. The first-order valence-electron chi connectivity index (χ1n) is 10.7. The van der Waals surface area contributed by atoms with Gasteiger partial charge in [0, 0.05) is 0 Å². The molecular formula is C25H22N2O6. The van der Waals surface area contributed by atoms with Gasteiger partial charge in [0.2, 0.25) is 5.91 Å². The molecule has 0 saturated carbocycles. The number of aryl methyl sites for hydroxylation is 1. The van der Waals surface area contributed by atoms with E-state index in [1.54, 1.807) is 36.3 Å². The quantitative estimate of drug-likeness (QED) is 0.435. The first kappa shape index (κ1) is 21.0. The van der Waals surface area contributed by atoms with E-state index in [1.807, 2.05) is 31.2 Å². The highest BCUT2D eigenvalue weighted by Gasteiger charge is 2.61. The first-order valence-corrected chi connectivity index (χ1v) is 10.7. The van der Waals surface area contributed by atoms with Gasteiger partial charge in [0.1, 0.15) is 17.7 Å². The number of furan rings is 1. The molecule has 0 unspecified atom stereocenters. The van der Waals surface area contributed by atoms with Crippen molar-refractivity contribution in [1.82, 2.24) is 0 Å². The lowest BCUT2D eigenvalue weighted by Crippen LogP contribution is -2.37. The maximum absolute atomic E-state index is 13.6. The minimum atomic E-state index is -0.989. The fraction of sp³-hybridized carbons (Fsp3) is 0.240. The lowest BCUT2D eigenvalue weighted by Gasteiger charge is -2.28. The van der Waals surface area contributed by atoms with E-state index in [0.717, 1.165) is 16.2 Å². The number of benzene rings is 2. The zero-order chi connectivity index (χ0) is 23.1. The monoisotopic (exact) mass is 446 g/mol. The van der Waals surface area contributed by atoms with Crippen LogP contribution in [0.15, 0.2) is 71.3 Å². The standard InChI is InChI=1S/C25H22N2O6/c1-3-31-25(30)16-10-12-17(13-11-16)26-23(28)20-21(19-9-6-14-32-19)27(33-22(20)24(26)29)18-8-5-4-7-15(18)2/h4-14,20-22H,3H2,1-2H3/t20-,21-,22-/m0/s1. The molecule has 2 aliphatic heterocycles. The molecule has 2 fully saturated rings. The number of para-hydroxylation sites is 1. The maximum atomic E-state index is 13.6. The van der Waals surface area contributed by atoms with Crippen LogP contribution in [0.1, 0.15) is 34.6 Å². The molecule has 2 aliphatic rings. The zero-order valence-electron chi connectivity index (χ0n) is 18.1. The number of rotatable bonds is 5. The Labute approximate surface area is 190 Å². The van der Waals surface area contributed by atoms with Gasteiger partial charge < -0.3 is 9.15 Å². The SMILES string of the molecule is CCOC(=O)c1ccc(N2C(=O)[C@@H]3[C@H](ON(c4ccccc4C)[C@H]3c3ccco3)C2=O)cc1. The van der Waals surface area contributed by atoms with Crippen LogP contribution in [0, 0.1) is 12.8 Å². The summed E-state index contributed by atoms with van der Waals surface area (Å²) in [6, 6.07) is 16.7. The molecule has 0 radical (unpaired) electrons. The van der Waals surface area contributed by atoms with Crippen LogP contribution in [0.4, 0.5) is 11.4 Å². The molecule has 168 valence electrons. The van der Waals surface area contributed by atoms with E-state index >= 15 is 0 Å². The summed E-state index contributed by atoms with van der Waals surface area (Å²) < 4.78 is 10.6. The molecule has 0 bridgehead atoms. The lowest BCUT2D eigenvalue weighted by molar-refractivity contribution is -0.126. The summed E-state index contributed by atoms with van der Waals surface area (Å²) in [5.74, 6) is -1.55. The number of carbonyl (C=O) groups excluding carboxylic acids is 3. The van der Waals surface area contributed by atoms with Gasteiger partial charge in [-0.15, -0.1) is 0 Å². The third kappa shape index (κ3) is 3.39. The van der Waals surface area contributed by atoms with Crippen molar-refractivity contribution in [2.24, 2.45) is 5.92 Å². The second-order valence-corrected chi connectivity index (χ2v) is 7.90. The number of anilines is 2. The molecule has 2 saturated heterocycles. The van der Waals surface area contributed by atoms with Crippen LogP contribution in [0.3, 0.4) is 0 Å². The third-order valence-corrected chi connectivity index (χ3v) is 5.94. The van der Waals surface area contributed by atoms with Crippen molar-refractivity contribution in [3.63, 3.8) is 0 Å². The fourth-order valence-electron chi connectivity index (χ4n) is 4.40. The Morgan fingerprint density at radius 2 is 1.76 bits per heavy atom. The maximum Gasteiger partial charge on any atom is 0.338 e. The number of imide groups is 1. The molecule has 1 aromatic heterocycles. The van der Waals surface area contributed by atoms with Crippen molar-refractivity contribution >= 4 is 29.2 Å². The van der Waals surface area contributed by atoms with Gasteiger partial charge in [-0.25, -0.2) is 14.8 Å². The van der Waals surface area contributed by atoms with Crippen LogP contribution >= 0.6 is 0 Å². The van der Waals surface area contributed by atoms with Crippen molar-refractivity contribution in [3.8, 4) is 0 Å². The van der Waals surface area contributed by atoms with Gasteiger partial charge in [0.05, 0.1) is 29.8 Å². The van der Waals surface area contributed by atoms with Crippen LogP contribution in [0.25, 0.3) is 0 Å². The number of esters is 1. The fourth-order valence-corrected chi connectivity index (χ4v) is 4.40. The second kappa shape index (κ2) is 8.22. The number of fused-ring (bicyclic) bond motifs is 1. The predicted molar refractivity (Wildman–Crippen MR) is 118 cm³/mol. The number of amides is 2. The molecular weight excluding hydrogens is 424 g/mol. The summed E-state index contributed by atoms with van der Waals surface area (Å²) in [5.41, 5.74) is 2.42. The van der Waals surface area contributed by atoms with Gasteiger partial charge in [0.15, 0.2) is 6.10 Å². The molecule has 33 heavy (non-hydrogen) atoms. The van der Waals surface area contributed by atoms with E-state index in [1.165, 1.54) is 18.4 Å². The number of hydrogen-bond donors (Lipinski definition) is 0. The molecule has 2 amide bonds. The first-order chi connectivity index (χ1) is 16.0. The highest BCUT2D eigenvalue weighted by atomic mass is 16.7. The van der Waals surface area contributed by atoms with Crippen molar-refractivity contribution in [2.75, 3.05) is 16.6 Å². The average Bonchev–Trinajstić information content (AvgIpc) is 3.52. The topological polar surface area (TPSA) is 89.3 Å². The molecule has 0 N–H and O–H groups in total. The van der Waals surface area contributed by atoms with Crippen LogP contribution in [-0.2, 0) is 19.2 Å². The zero-order valence-corrected chi connectivity index (χ0v) is 18.1. The van der Waals surface area contributed by atoms with E-state index < -0.39 is 29.9 Å². The summed E-state index contributed by atoms with van der Waals surface area (Å²) in [4.78, 5) is 46.0. The Bertz CT molecular complexity index is 1200. The molecule has 3 atom stereocenters. The van der Waals surface area contributed by atoms with Gasteiger partial charge >= 0.3 is 5.97 Å².